The summed E-state index contributed by atoms with van der Waals surface area (Å²) >= 11 is 3.48. The van der Waals surface area contributed by atoms with E-state index in [0.717, 1.165) is 16.5 Å². The maximum Gasteiger partial charge on any atom is 0.142 e. The highest BCUT2D eigenvalue weighted by Gasteiger charge is 2.58. The molecule has 0 spiro atoms. The van der Waals surface area contributed by atoms with Gasteiger partial charge in [0.1, 0.15) is 5.78 Å². The lowest BCUT2D eigenvalue weighted by Crippen LogP contribution is -2.45. The molecule has 1 aromatic carbocycles. The minimum Gasteiger partial charge on any atom is -0.369 e. The van der Waals surface area contributed by atoms with Crippen LogP contribution in [-0.4, -0.2) is 11.9 Å². The first-order valence-electron chi connectivity index (χ1n) is 7.93. The van der Waals surface area contributed by atoms with Crippen LogP contribution in [0, 0.1) is 17.3 Å². The van der Waals surface area contributed by atoms with Crippen LogP contribution in [0.25, 0.3) is 0 Å². The van der Waals surface area contributed by atoms with E-state index >= 15 is 0 Å². The van der Waals surface area contributed by atoms with Crippen molar-refractivity contribution in [1.29, 1.82) is 0 Å². The van der Waals surface area contributed by atoms with Gasteiger partial charge in [0.05, 0.1) is 17.6 Å². The van der Waals surface area contributed by atoms with Crippen molar-refractivity contribution in [3.05, 3.63) is 46.5 Å². The van der Waals surface area contributed by atoms with E-state index in [0.29, 0.717) is 12.2 Å². The van der Waals surface area contributed by atoms with Crippen molar-refractivity contribution in [2.45, 2.75) is 45.8 Å². The van der Waals surface area contributed by atoms with Crippen molar-refractivity contribution < 1.29 is 9.53 Å². The maximum atomic E-state index is 12.8. The minimum absolute atomic E-state index is 0.000741. The Morgan fingerprint density at radius 2 is 2.00 bits per heavy atom. The minimum atomic E-state index is -0.371. The zero-order valence-corrected chi connectivity index (χ0v) is 15.0. The van der Waals surface area contributed by atoms with Gasteiger partial charge < -0.3 is 4.74 Å². The Morgan fingerprint density at radius 1 is 1.36 bits per heavy atom. The lowest BCUT2D eigenvalue weighted by molar-refractivity contribution is -0.136. The van der Waals surface area contributed by atoms with Crippen LogP contribution in [0.15, 0.2) is 40.9 Å². The molecule has 5 atom stereocenters. The fraction of sp³-hybridized carbons (Fsp3) is 0.526. The Balaban J connectivity index is 1.98. The van der Waals surface area contributed by atoms with E-state index in [1.165, 1.54) is 5.56 Å². The van der Waals surface area contributed by atoms with Gasteiger partial charge in [-0.2, -0.15) is 0 Å². The molecule has 0 aromatic heterocycles. The van der Waals surface area contributed by atoms with Crippen molar-refractivity contribution in [1.82, 2.24) is 0 Å². The quantitative estimate of drug-likeness (QED) is 0.685. The van der Waals surface area contributed by atoms with Crippen LogP contribution in [0.1, 0.15) is 45.3 Å². The second-order valence-electron chi connectivity index (χ2n) is 7.05. The standard InChI is InChI=1S/C19H23BrO2/c1-11(2)14-9-16-18(13-5-7-15(20)8-6-13)22-12(3)19(16,4)17(21)10-14/h5-8,12,14,16,18H,1,9-10H2,2-4H3/t12-,14+,16+,18+,19-/m0/s1. The first kappa shape index (κ1) is 15.9. The molecule has 0 unspecified atom stereocenters. The number of Topliss-reactive ketones (excluding diaryl/α,β-unsaturated/α-hetero) is 1. The molecule has 1 saturated heterocycles. The molecule has 0 N–H and O–H groups in total. The Labute approximate surface area is 141 Å². The van der Waals surface area contributed by atoms with Gasteiger partial charge in [0.2, 0.25) is 0 Å². The molecule has 118 valence electrons. The third-order valence-electron chi connectivity index (χ3n) is 5.80. The summed E-state index contributed by atoms with van der Waals surface area (Å²) in [5.41, 5.74) is 1.91. The fourth-order valence-corrected chi connectivity index (χ4v) is 4.31. The lowest BCUT2D eigenvalue weighted by Gasteiger charge is -2.40. The summed E-state index contributed by atoms with van der Waals surface area (Å²) in [7, 11) is 0. The number of ketones is 1. The summed E-state index contributed by atoms with van der Waals surface area (Å²) in [6, 6.07) is 8.28. The largest absolute Gasteiger partial charge is 0.369 e. The molecule has 2 aliphatic rings. The van der Waals surface area contributed by atoms with Crippen molar-refractivity contribution in [3.63, 3.8) is 0 Å². The van der Waals surface area contributed by atoms with Crippen LogP contribution < -0.4 is 0 Å². The van der Waals surface area contributed by atoms with E-state index in [-0.39, 0.29) is 29.5 Å². The molecule has 0 amide bonds. The number of ether oxygens (including phenoxy) is 1. The number of rotatable bonds is 2. The molecule has 1 aliphatic heterocycles. The van der Waals surface area contributed by atoms with Gasteiger partial charge in [-0.05, 0) is 50.8 Å². The number of carbonyl (C=O) groups is 1. The summed E-state index contributed by atoms with van der Waals surface area (Å²) in [6.45, 7) is 10.3. The molecule has 2 nitrogen and oxygen atoms in total. The highest BCUT2D eigenvalue weighted by Crippen LogP contribution is 2.57. The zero-order valence-electron chi connectivity index (χ0n) is 13.4. The number of benzene rings is 1. The van der Waals surface area contributed by atoms with Gasteiger partial charge in [-0.15, -0.1) is 0 Å². The van der Waals surface area contributed by atoms with Crippen LogP contribution >= 0.6 is 15.9 Å². The first-order chi connectivity index (χ1) is 10.3. The highest BCUT2D eigenvalue weighted by molar-refractivity contribution is 9.10. The second kappa shape index (κ2) is 5.61. The molecule has 22 heavy (non-hydrogen) atoms. The molecule has 3 rings (SSSR count). The summed E-state index contributed by atoms with van der Waals surface area (Å²) in [6.07, 6.45) is 1.56. The van der Waals surface area contributed by atoms with Gasteiger partial charge in [0.15, 0.2) is 0 Å². The van der Waals surface area contributed by atoms with Crippen LogP contribution in [0.3, 0.4) is 0 Å². The Morgan fingerprint density at radius 3 is 2.59 bits per heavy atom. The molecule has 1 aromatic rings. The van der Waals surface area contributed by atoms with Crippen molar-refractivity contribution >= 4 is 21.7 Å². The fourth-order valence-electron chi connectivity index (χ4n) is 4.05. The number of hydrogen-bond donors (Lipinski definition) is 0. The SMILES string of the molecule is C=C(C)[C@H]1CC(=O)[C@@]2(C)[C@H](C)O[C@H](c3ccc(Br)cc3)[C@H]2C1. The molecular weight excluding hydrogens is 340 g/mol. The van der Waals surface area contributed by atoms with Crippen LogP contribution in [0.2, 0.25) is 0 Å². The lowest BCUT2D eigenvalue weighted by atomic mass is 9.60. The van der Waals surface area contributed by atoms with Crippen molar-refractivity contribution in [2.75, 3.05) is 0 Å². The second-order valence-corrected chi connectivity index (χ2v) is 7.96. The number of carbonyl (C=O) groups excluding carboxylic acids is 1. The van der Waals surface area contributed by atoms with Gasteiger partial charge in [-0.25, -0.2) is 0 Å². The third-order valence-corrected chi connectivity index (χ3v) is 6.33. The summed E-state index contributed by atoms with van der Waals surface area (Å²) in [5.74, 6) is 0.855. The van der Waals surface area contributed by atoms with Gasteiger partial charge in [0, 0.05) is 16.8 Å². The predicted octanol–water partition coefficient (Wildman–Crippen LogP) is 5.09. The van der Waals surface area contributed by atoms with E-state index in [1.54, 1.807) is 0 Å². The smallest absolute Gasteiger partial charge is 0.142 e. The maximum absolute atomic E-state index is 12.8. The Bertz CT molecular complexity index is 606. The molecule has 1 saturated carbocycles. The normalized spacial score (nSPS) is 37.9. The Kier molecular flexibility index (Phi) is 4.07. The average Bonchev–Trinajstić information content (AvgIpc) is 2.73. The number of hydrogen-bond acceptors (Lipinski definition) is 2. The molecule has 3 heteroatoms. The molecule has 2 fully saturated rings. The Hall–Kier alpha value is -0.930. The number of fused-ring (bicyclic) bond motifs is 1. The summed E-state index contributed by atoms with van der Waals surface area (Å²) < 4.78 is 7.33. The summed E-state index contributed by atoms with van der Waals surface area (Å²) in [5, 5.41) is 0. The van der Waals surface area contributed by atoms with E-state index in [9.17, 15) is 4.79 Å². The molecule has 1 aliphatic carbocycles. The van der Waals surface area contributed by atoms with E-state index in [2.05, 4.69) is 41.6 Å². The molecule has 1 heterocycles. The zero-order chi connectivity index (χ0) is 16.1. The summed E-state index contributed by atoms with van der Waals surface area (Å²) in [4.78, 5) is 12.8. The molecular formula is C19H23BrO2. The number of halogens is 1. The topological polar surface area (TPSA) is 26.3 Å². The van der Waals surface area contributed by atoms with Gasteiger partial charge in [-0.3, -0.25) is 4.79 Å². The van der Waals surface area contributed by atoms with Crippen LogP contribution in [-0.2, 0) is 9.53 Å². The van der Waals surface area contributed by atoms with E-state index in [4.69, 9.17) is 4.74 Å². The van der Waals surface area contributed by atoms with Gasteiger partial charge in [-0.1, -0.05) is 40.2 Å². The van der Waals surface area contributed by atoms with Gasteiger partial charge in [0.25, 0.3) is 0 Å². The molecule has 0 radical (unpaired) electrons. The van der Waals surface area contributed by atoms with Crippen molar-refractivity contribution in [2.24, 2.45) is 17.3 Å². The van der Waals surface area contributed by atoms with Crippen LogP contribution in [0.5, 0.6) is 0 Å². The first-order valence-corrected chi connectivity index (χ1v) is 8.73. The van der Waals surface area contributed by atoms with Gasteiger partial charge >= 0.3 is 0 Å². The van der Waals surface area contributed by atoms with Crippen LogP contribution in [0.4, 0.5) is 0 Å². The molecule has 0 bridgehead atoms. The third kappa shape index (κ3) is 2.39. The van der Waals surface area contributed by atoms with Crippen molar-refractivity contribution in [3.8, 4) is 0 Å². The van der Waals surface area contributed by atoms with E-state index in [1.807, 2.05) is 26.0 Å². The number of allylic oxidation sites excluding steroid dienone is 1. The predicted molar refractivity (Wildman–Crippen MR) is 91.6 cm³/mol. The van der Waals surface area contributed by atoms with E-state index < -0.39 is 0 Å². The average molecular weight is 363 g/mol. The highest BCUT2D eigenvalue weighted by atomic mass is 79.9. The monoisotopic (exact) mass is 362 g/mol.